The maximum absolute atomic E-state index is 10.0. The zero-order chi connectivity index (χ0) is 17.4. The summed E-state index contributed by atoms with van der Waals surface area (Å²) in [6.45, 7) is 2.51. The summed E-state index contributed by atoms with van der Waals surface area (Å²) < 4.78 is 16.5. The second-order valence-corrected chi connectivity index (χ2v) is 7.03. The minimum atomic E-state index is -1.39. The van der Waals surface area contributed by atoms with Crippen LogP contribution in [0.1, 0.15) is 71.1 Å². The third-order valence-corrected chi connectivity index (χ3v) is 4.96. The van der Waals surface area contributed by atoms with E-state index in [2.05, 4.69) is 6.92 Å². The Morgan fingerprint density at radius 1 is 0.792 bits per heavy atom. The second-order valence-electron chi connectivity index (χ2n) is 7.03. The van der Waals surface area contributed by atoms with E-state index in [9.17, 15) is 15.3 Å². The van der Waals surface area contributed by atoms with Crippen molar-refractivity contribution in [2.24, 2.45) is 0 Å². The standard InChI is InChI=1S/C18H34O6/c1-2-3-4-5-6-7-8-9-10-11-14-22-12-13-17(24-14)15(19)16(20)18(21)23-13/h13-21H,2-12H2,1H3/t13-,14?,15-,16-,17+,18+/m1/s1. The Morgan fingerprint density at radius 3 is 2.08 bits per heavy atom. The van der Waals surface area contributed by atoms with Crippen LogP contribution in [0.3, 0.4) is 0 Å². The summed E-state index contributed by atoms with van der Waals surface area (Å²) in [7, 11) is 0. The third-order valence-electron chi connectivity index (χ3n) is 4.96. The van der Waals surface area contributed by atoms with E-state index in [4.69, 9.17) is 14.2 Å². The van der Waals surface area contributed by atoms with Gasteiger partial charge >= 0.3 is 0 Å². The summed E-state index contributed by atoms with van der Waals surface area (Å²) in [5.74, 6) is 0. The van der Waals surface area contributed by atoms with Crippen molar-refractivity contribution in [1.82, 2.24) is 0 Å². The molecule has 1 unspecified atom stereocenters. The molecule has 24 heavy (non-hydrogen) atoms. The first kappa shape index (κ1) is 20.1. The van der Waals surface area contributed by atoms with Crippen molar-refractivity contribution in [3.05, 3.63) is 0 Å². The van der Waals surface area contributed by atoms with E-state index in [0.717, 1.165) is 19.3 Å². The van der Waals surface area contributed by atoms with Gasteiger partial charge in [-0.05, 0) is 12.8 Å². The fourth-order valence-corrected chi connectivity index (χ4v) is 3.41. The molecular formula is C18H34O6. The lowest BCUT2D eigenvalue weighted by molar-refractivity contribution is -0.352. The minimum absolute atomic E-state index is 0.271. The third kappa shape index (κ3) is 5.93. The molecule has 6 heteroatoms. The van der Waals surface area contributed by atoms with Gasteiger partial charge in [0.25, 0.3) is 0 Å². The maximum Gasteiger partial charge on any atom is 0.184 e. The van der Waals surface area contributed by atoms with Gasteiger partial charge in [0.05, 0.1) is 6.61 Å². The van der Waals surface area contributed by atoms with Gasteiger partial charge in [-0.2, -0.15) is 0 Å². The summed E-state index contributed by atoms with van der Waals surface area (Å²) in [4.78, 5) is 0. The van der Waals surface area contributed by atoms with E-state index in [0.29, 0.717) is 0 Å². The molecule has 6 nitrogen and oxygen atoms in total. The van der Waals surface area contributed by atoms with E-state index < -0.39 is 30.7 Å². The molecule has 2 heterocycles. The van der Waals surface area contributed by atoms with Crippen LogP contribution < -0.4 is 0 Å². The van der Waals surface area contributed by atoms with Gasteiger partial charge in [0.1, 0.15) is 24.4 Å². The molecule has 2 saturated heterocycles. The van der Waals surface area contributed by atoms with E-state index in [1.54, 1.807) is 0 Å². The first-order valence-corrected chi connectivity index (χ1v) is 9.60. The van der Waals surface area contributed by atoms with Crippen LogP contribution >= 0.6 is 0 Å². The van der Waals surface area contributed by atoms with Crippen molar-refractivity contribution in [1.29, 1.82) is 0 Å². The highest BCUT2D eigenvalue weighted by Gasteiger charge is 2.47. The molecule has 0 aliphatic carbocycles. The van der Waals surface area contributed by atoms with Gasteiger partial charge in [-0.25, -0.2) is 0 Å². The van der Waals surface area contributed by atoms with Crippen LogP contribution in [0.15, 0.2) is 0 Å². The van der Waals surface area contributed by atoms with Gasteiger partial charge < -0.3 is 29.5 Å². The van der Waals surface area contributed by atoms with Crippen molar-refractivity contribution < 1.29 is 29.5 Å². The molecule has 0 saturated carbocycles. The molecule has 0 spiro atoms. The fourth-order valence-electron chi connectivity index (χ4n) is 3.41. The zero-order valence-corrected chi connectivity index (χ0v) is 14.8. The molecule has 2 aliphatic heterocycles. The topological polar surface area (TPSA) is 88.4 Å². The molecule has 0 aromatic carbocycles. The van der Waals surface area contributed by atoms with Crippen molar-refractivity contribution in [3.63, 3.8) is 0 Å². The molecule has 0 aromatic rings. The van der Waals surface area contributed by atoms with Gasteiger partial charge in [-0.1, -0.05) is 58.3 Å². The number of aliphatic hydroxyl groups excluding tert-OH is 3. The highest BCUT2D eigenvalue weighted by molar-refractivity contribution is 4.91. The quantitative estimate of drug-likeness (QED) is 0.525. The second kappa shape index (κ2) is 10.7. The average molecular weight is 346 g/mol. The van der Waals surface area contributed by atoms with Crippen LogP contribution in [-0.2, 0) is 14.2 Å². The summed E-state index contributed by atoms with van der Waals surface area (Å²) in [5.41, 5.74) is 0. The normalized spacial score (nSPS) is 36.5. The summed E-state index contributed by atoms with van der Waals surface area (Å²) >= 11 is 0. The van der Waals surface area contributed by atoms with Crippen LogP contribution in [-0.4, -0.2) is 58.9 Å². The van der Waals surface area contributed by atoms with Gasteiger partial charge in [0, 0.05) is 0 Å². The van der Waals surface area contributed by atoms with Crippen molar-refractivity contribution in [2.45, 2.75) is 108 Å². The average Bonchev–Trinajstić information content (AvgIpc) is 2.59. The molecular weight excluding hydrogens is 312 g/mol. The number of hydrogen-bond acceptors (Lipinski definition) is 6. The first-order chi connectivity index (χ1) is 11.6. The predicted octanol–water partition coefficient (Wildman–Crippen LogP) is 2.09. The van der Waals surface area contributed by atoms with E-state index in [-0.39, 0.29) is 12.9 Å². The molecule has 2 aliphatic rings. The largest absolute Gasteiger partial charge is 0.387 e. The van der Waals surface area contributed by atoms with Crippen LogP contribution in [0.4, 0.5) is 0 Å². The molecule has 2 fully saturated rings. The Bertz CT molecular complexity index is 337. The van der Waals surface area contributed by atoms with Crippen LogP contribution in [0.5, 0.6) is 0 Å². The number of rotatable bonds is 10. The summed E-state index contributed by atoms with van der Waals surface area (Å²) in [6.07, 6.45) is 6.76. The highest BCUT2D eigenvalue weighted by atomic mass is 16.7. The van der Waals surface area contributed by atoms with Crippen molar-refractivity contribution >= 4 is 0 Å². The predicted molar refractivity (Wildman–Crippen MR) is 89.4 cm³/mol. The van der Waals surface area contributed by atoms with Crippen LogP contribution in [0.25, 0.3) is 0 Å². The Hall–Kier alpha value is -0.240. The smallest absolute Gasteiger partial charge is 0.184 e. The maximum atomic E-state index is 10.0. The van der Waals surface area contributed by atoms with Crippen molar-refractivity contribution in [3.8, 4) is 0 Å². The number of fused-ring (bicyclic) bond motifs is 1. The molecule has 0 aromatic heterocycles. The number of aliphatic hydroxyl groups is 3. The zero-order valence-electron chi connectivity index (χ0n) is 14.8. The Kier molecular flexibility index (Phi) is 8.94. The molecule has 142 valence electrons. The first-order valence-electron chi connectivity index (χ1n) is 9.60. The lowest BCUT2D eigenvalue weighted by Gasteiger charge is -2.45. The van der Waals surface area contributed by atoms with Crippen LogP contribution in [0.2, 0.25) is 0 Å². The molecule has 0 radical (unpaired) electrons. The van der Waals surface area contributed by atoms with E-state index >= 15 is 0 Å². The molecule has 3 N–H and O–H groups in total. The van der Waals surface area contributed by atoms with Gasteiger partial charge in [0.2, 0.25) is 0 Å². The lowest BCUT2D eigenvalue weighted by Crippen LogP contribution is -2.62. The Labute approximate surface area is 145 Å². The highest BCUT2D eigenvalue weighted by Crippen LogP contribution is 2.29. The lowest BCUT2D eigenvalue weighted by atomic mass is 9.98. The van der Waals surface area contributed by atoms with Gasteiger partial charge in [0.15, 0.2) is 12.6 Å². The number of hydrogen-bond donors (Lipinski definition) is 3. The minimum Gasteiger partial charge on any atom is -0.387 e. The molecule has 6 atom stereocenters. The fraction of sp³-hybridized carbons (Fsp3) is 1.00. The van der Waals surface area contributed by atoms with Gasteiger partial charge in [-0.15, -0.1) is 0 Å². The summed E-state index contributed by atoms with van der Waals surface area (Å²) in [6, 6.07) is 0. The molecule has 0 amide bonds. The van der Waals surface area contributed by atoms with Crippen molar-refractivity contribution in [2.75, 3.05) is 6.61 Å². The van der Waals surface area contributed by atoms with Crippen LogP contribution in [0, 0.1) is 0 Å². The monoisotopic (exact) mass is 346 g/mol. The number of ether oxygens (including phenoxy) is 3. The summed E-state index contributed by atoms with van der Waals surface area (Å²) in [5, 5.41) is 29.2. The van der Waals surface area contributed by atoms with Gasteiger partial charge in [-0.3, -0.25) is 0 Å². The number of unbranched alkanes of at least 4 members (excludes halogenated alkanes) is 8. The van der Waals surface area contributed by atoms with E-state index in [1.807, 2.05) is 0 Å². The Morgan fingerprint density at radius 2 is 1.42 bits per heavy atom. The molecule has 0 bridgehead atoms. The SMILES string of the molecule is CCCCCCCCCCCC1OC[C@H]2O[C@H](O)[C@H](O)[C@@H](O)[C@H]2O1. The van der Waals surface area contributed by atoms with E-state index in [1.165, 1.54) is 44.9 Å². The molecule has 2 rings (SSSR count). The Balaban J connectivity index is 1.55.